The van der Waals surface area contributed by atoms with Crippen molar-refractivity contribution in [3.63, 3.8) is 0 Å². The number of aromatic nitrogens is 1. The van der Waals surface area contributed by atoms with E-state index in [1.807, 2.05) is 13.1 Å². The van der Waals surface area contributed by atoms with E-state index in [9.17, 15) is 0 Å². The van der Waals surface area contributed by atoms with Crippen molar-refractivity contribution in [3.8, 4) is 5.75 Å². The molecule has 17 heavy (non-hydrogen) atoms. The summed E-state index contributed by atoms with van der Waals surface area (Å²) in [5, 5.41) is 3.56. The van der Waals surface area contributed by atoms with Gasteiger partial charge in [0.05, 0.1) is 12.8 Å². The smallest absolute Gasteiger partial charge is 0.137 e. The molecule has 1 unspecified atom stereocenters. The van der Waals surface area contributed by atoms with Crippen molar-refractivity contribution in [2.45, 2.75) is 39.2 Å². The second-order valence-corrected chi connectivity index (χ2v) is 4.95. The van der Waals surface area contributed by atoms with Crippen LogP contribution in [0.4, 0.5) is 0 Å². The fourth-order valence-corrected chi connectivity index (χ4v) is 1.95. The topological polar surface area (TPSA) is 34.1 Å². The zero-order valence-corrected chi connectivity index (χ0v) is 10.8. The first kappa shape index (κ1) is 12.4. The number of pyridine rings is 1. The largest absolute Gasteiger partial charge is 0.492 e. The normalized spacial score (nSPS) is 16.8. The van der Waals surface area contributed by atoms with E-state index in [0.717, 1.165) is 24.8 Å². The van der Waals surface area contributed by atoms with Gasteiger partial charge in [0.25, 0.3) is 0 Å². The number of rotatable bonds is 7. The van der Waals surface area contributed by atoms with Gasteiger partial charge in [-0.15, -0.1) is 0 Å². The molecule has 0 aromatic carbocycles. The van der Waals surface area contributed by atoms with E-state index in [1.165, 1.54) is 18.4 Å². The van der Waals surface area contributed by atoms with Crippen LogP contribution in [0.5, 0.6) is 5.75 Å². The number of hydrogen-bond acceptors (Lipinski definition) is 3. The summed E-state index contributed by atoms with van der Waals surface area (Å²) in [4.78, 5) is 4.22. The van der Waals surface area contributed by atoms with Gasteiger partial charge in [0.2, 0.25) is 0 Å². The predicted molar refractivity (Wildman–Crippen MR) is 69.3 cm³/mol. The predicted octanol–water partition coefficient (Wildman–Crippen LogP) is 2.41. The molecule has 0 spiro atoms. The van der Waals surface area contributed by atoms with Gasteiger partial charge >= 0.3 is 0 Å². The fourth-order valence-electron chi connectivity index (χ4n) is 1.95. The van der Waals surface area contributed by atoms with Crippen molar-refractivity contribution >= 4 is 0 Å². The molecule has 0 aliphatic heterocycles. The van der Waals surface area contributed by atoms with Crippen molar-refractivity contribution in [1.82, 2.24) is 10.3 Å². The van der Waals surface area contributed by atoms with Crippen LogP contribution in [0.15, 0.2) is 18.5 Å². The molecule has 0 radical (unpaired) electrons. The third-order valence-electron chi connectivity index (χ3n) is 3.00. The summed E-state index contributed by atoms with van der Waals surface area (Å²) in [6.45, 7) is 6.07. The molecule has 0 amide bonds. The SMILES string of the molecule is CCOc1cncc(CC(C)CNC2CC2)c1. The minimum absolute atomic E-state index is 0.647. The molecule has 1 N–H and O–H groups in total. The molecule has 1 atom stereocenters. The maximum atomic E-state index is 5.46. The number of hydrogen-bond donors (Lipinski definition) is 1. The lowest BCUT2D eigenvalue weighted by molar-refractivity contribution is 0.338. The summed E-state index contributed by atoms with van der Waals surface area (Å²) in [5.74, 6) is 1.53. The van der Waals surface area contributed by atoms with E-state index in [1.54, 1.807) is 6.20 Å². The standard InChI is InChI=1S/C14H22N2O/c1-3-17-14-7-12(9-15-10-14)6-11(2)8-16-13-4-5-13/h7,9-11,13,16H,3-6,8H2,1-2H3. The van der Waals surface area contributed by atoms with Gasteiger partial charge in [-0.1, -0.05) is 6.92 Å². The van der Waals surface area contributed by atoms with Gasteiger partial charge < -0.3 is 10.1 Å². The Morgan fingerprint density at radius 2 is 2.29 bits per heavy atom. The van der Waals surface area contributed by atoms with E-state index in [2.05, 4.69) is 23.3 Å². The van der Waals surface area contributed by atoms with Crippen molar-refractivity contribution < 1.29 is 4.74 Å². The molecule has 1 fully saturated rings. The minimum Gasteiger partial charge on any atom is -0.492 e. The molecule has 0 saturated heterocycles. The zero-order valence-electron chi connectivity index (χ0n) is 10.8. The molecule has 1 aliphatic carbocycles. The van der Waals surface area contributed by atoms with Gasteiger partial charge in [-0.05, 0) is 50.3 Å². The van der Waals surface area contributed by atoms with Crippen molar-refractivity contribution in [1.29, 1.82) is 0 Å². The van der Waals surface area contributed by atoms with E-state index in [4.69, 9.17) is 4.74 Å². The number of ether oxygens (including phenoxy) is 1. The minimum atomic E-state index is 0.647. The number of nitrogens with zero attached hydrogens (tertiary/aromatic N) is 1. The highest BCUT2D eigenvalue weighted by Crippen LogP contribution is 2.19. The van der Waals surface area contributed by atoms with Crippen molar-refractivity contribution in [2.75, 3.05) is 13.2 Å². The Labute approximate surface area is 104 Å². The molecule has 0 bridgehead atoms. The molecule has 1 saturated carbocycles. The Morgan fingerprint density at radius 3 is 3.00 bits per heavy atom. The fraction of sp³-hybridized carbons (Fsp3) is 0.643. The molecule has 3 nitrogen and oxygen atoms in total. The molecular weight excluding hydrogens is 212 g/mol. The zero-order chi connectivity index (χ0) is 12.1. The van der Waals surface area contributed by atoms with Gasteiger partial charge in [0.1, 0.15) is 5.75 Å². The molecule has 1 heterocycles. The molecule has 2 rings (SSSR count). The van der Waals surface area contributed by atoms with Crippen LogP contribution < -0.4 is 10.1 Å². The average Bonchev–Trinajstić information content (AvgIpc) is 3.11. The van der Waals surface area contributed by atoms with E-state index in [-0.39, 0.29) is 0 Å². The average molecular weight is 234 g/mol. The Kier molecular flexibility index (Phi) is 4.37. The van der Waals surface area contributed by atoms with Gasteiger partial charge in [-0.3, -0.25) is 4.98 Å². The Bertz CT molecular complexity index is 350. The van der Waals surface area contributed by atoms with Crippen molar-refractivity contribution in [2.24, 2.45) is 5.92 Å². The first-order valence-electron chi connectivity index (χ1n) is 6.58. The lowest BCUT2D eigenvalue weighted by Gasteiger charge is -2.12. The van der Waals surface area contributed by atoms with Crippen LogP contribution in [0.3, 0.4) is 0 Å². The second kappa shape index (κ2) is 6.01. The molecule has 3 heteroatoms. The third kappa shape index (κ3) is 4.35. The molecule has 1 aliphatic rings. The Balaban J connectivity index is 1.81. The van der Waals surface area contributed by atoms with Crippen LogP contribution in [0.1, 0.15) is 32.3 Å². The van der Waals surface area contributed by atoms with Crippen LogP contribution in [-0.2, 0) is 6.42 Å². The Morgan fingerprint density at radius 1 is 1.47 bits per heavy atom. The lowest BCUT2D eigenvalue weighted by Crippen LogP contribution is -2.24. The van der Waals surface area contributed by atoms with Crippen LogP contribution in [-0.4, -0.2) is 24.2 Å². The van der Waals surface area contributed by atoms with Gasteiger partial charge in [0, 0.05) is 12.2 Å². The second-order valence-electron chi connectivity index (χ2n) is 4.95. The quantitative estimate of drug-likeness (QED) is 0.786. The lowest BCUT2D eigenvalue weighted by atomic mass is 10.0. The summed E-state index contributed by atoms with van der Waals surface area (Å²) >= 11 is 0. The van der Waals surface area contributed by atoms with E-state index < -0.39 is 0 Å². The summed E-state index contributed by atoms with van der Waals surface area (Å²) in [6, 6.07) is 2.90. The molecule has 1 aromatic heterocycles. The van der Waals surface area contributed by atoms with Gasteiger partial charge in [0.15, 0.2) is 0 Å². The van der Waals surface area contributed by atoms with Crippen molar-refractivity contribution in [3.05, 3.63) is 24.0 Å². The maximum absolute atomic E-state index is 5.46. The first-order chi connectivity index (χ1) is 8.28. The summed E-state index contributed by atoms with van der Waals surface area (Å²) in [7, 11) is 0. The van der Waals surface area contributed by atoms with E-state index >= 15 is 0 Å². The summed E-state index contributed by atoms with van der Waals surface area (Å²) < 4.78 is 5.46. The highest BCUT2D eigenvalue weighted by atomic mass is 16.5. The Hall–Kier alpha value is -1.09. The van der Waals surface area contributed by atoms with Gasteiger partial charge in [-0.2, -0.15) is 0 Å². The van der Waals surface area contributed by atoms with Crippen LogP contribution in [0.25, 0.3) is 0 Å². The summed E-state index contributed by atoms with van der Waals surface area (Å²) in [5.41, 5.74) is 1.26. The first-order valence-corrected chi connectivity index (χ1v) is 6.58. The van der Waals surface area contributed by atoms with Gasteiger partial charge in [-0.25, -0.2) is 0 Å². The monoisotopic (exact) mass is 234 g/mol. The summed E-state index contributed by atoms with van der Waals surface area (Å²) in [6.07, 6.45) is 7.49. The van der Waals surface area contributed by atoms with Crippen LogP contribution in [0, 0.1) is 5.92 Å². The molecule has 1 aromatic rings. The van der Waals surface area contributed by atoms with E-state index in [0.29, 0.717) is 12.5 Å². The van der Waals surface area contributed by atoms with Crippen LogP contribution in [0.2, 0.25) is 0 Å². The maximum Gasteiger partial charge on any atom is 0.137 e. The highest BCUT2D eigenvalue weighted by Gasteiger charge is 2.20. The highest BCUT2D eigenvalue weighted by molar-refractivity contribution is 5.23. The number of nitrogens with one attached hydrogen (secondary N) is 1. The van der Waals surface area contributed by atoms with Crippen LogP contribution >= 0.6 is 0 Å². The third-order valence-corrected chi connectivity index (χ3v) is 3.00. The molecular formula is C14H22N2O. The molecule has 94 valence electrons.